The smallest absolute Gasteiger partial charge is 0.331 e. The monoisotopic (exact) mass is 373 g/mol. The molecule has 0 fully saturated rings. The Bertz CT molecular complexity index is 819. The molecule has 2 aromatic carbocycles. The molecule has 0 bridgehead atoms. The Morgan fingerprint density at radius 3 is 2.73 bits per heavy atom. The van der Waals surface area contributed by atoms with Crippen molar-refractivity contribution in [1.29, 1.82) is 0 Å². The first-order valence-electron chi connectivity index (χ1n) is 7.68. The van der Waals surface area contributed by atoms with Crippen LogP contribution >= 0.6 is 11.8 Å². The van der Waals surface area contributed by atoms with Crippen LogP contribution in [0.3, 0.4) is 0 Å². The number of esters is 1. The Labute approximate surface area is 155 Å². The molecule has 0 aliphatic heterocycles. The van der Waals surface area contributed by atoms with Gasteiger partial charge in [0.1, 0.15) is 0 Å². The van der Waals surface area contributed by atoms with Crippen molar-refractivity contribution in [3.8, 4) is 11.5 Å². The lowest BCUT2D eigenvalue weighted by Crippen LogP contribution is -2.20. The summed E-state index contributed by atoms with van der Waals surface area (Å²) in [6, 6.07) is 12.0. The summed E-state index contributed by atoms with van der Waals surface area (Å²) < 4.78 is 9.92. The van der Waals surface area contributed by atoms with Crippen molar-refractivity contribution in [2.24, 2.45) is 0 Å². The zero-order chi connectivity index (χ0) is 18.9. The van der Waals surface area contributed by atoms with Gasteiger partial charge in [0, 0.05) is 11.0 Å². The number of hydrogen-bond donors (Lipinski definition) is 2. The number of aromatic hydroxyl groups is 1. The van der Waals surface area contributed by atoms with Crippen LogP contribution in [-0.4, -0.2) is 37.0 Å². The summed E-state index contributed by atoms with van der Waals surface area (Å²) in [5.74, 6) is -0.758. The van der Waals surface area contributed by atoms with E-state index in [-0.39, 0.29) is 12.4 Å². The number of ether oxygens (including phenoxy) is 2. The number of benzene rings is 2. The van der Waals surface area contributed by atoms with Crippen LogP contribution in [0.4, 0.5) is 5.69 Å². The Hall–Kier alpha value is -2.93. The van der Waals surface area contributed by atoms with Crippen LogP contribution in [0, 0.1) is 0 Å². The third-order valence-corrected chi connectivity index (χ3v) is 4.14. The summed E-state index contributed by atoms with van der Waals surface area (Å²) in [5, 5.41) is 12.2. The van der Waals surface area contributed by atoms with Crippen molar-refractivity contribution in [2.75, 3.05) is 25.3 Å². The first kappa shape index (κ1) is 19.4. The average molecular weight is 373 g/mol. The quantitative estimate of drug-likeness (QED) is 0.440. The van der Waals surface area contributed by atoms with Crippen LogP contribution in [0.15, 0.2) is 53.4 Å². The molecule has 2 aromatic rings. The van der Waals surface area contributed by atoms with Gasteiger partial charge >= 0.3 is 5.97 Å². The van der Waals surface area contributed by atoms with Crippen molar-refractivity contribution in [3.05, 3.63) is 54.1 Å². The highest BCUT2D eigenvalue weighted by Gasteiger charge is 2.08. The zero-order valence-corrected chi connectivity index (χ0v) is 15.2. The van der Waals surface area contributed by atoms with Crippen LogP contribution in [-0.2, 0) is 14.3 Å². The van der Waals surface area contributed by atoms with Gasteiger partial charge in [-0.1, -0.05) is 18.2 Å². The molecule has 0 heterocycles. The summed E-state index contributed by atoms with van der Waals surface area (Å²) >= 11 is 1.51. The van der Waals surface area contributed by atoms with Crippen LogP contribution in [0.5, 0.6) is 11.5 Å². The molecule has 7 heteroatoms. The standard InChI is InChI=1S/C19H19NO5S/c1-24-16-11-13(7-9-15(16)21)8-10-19(23)25-12-18(22)20-14-5-3-4-6-17(14)26-2/h3-11,21H,12H2,1-2H3,(H,20,22)/b10-8+. The number of carbonyl (C=O) groups is 2. The van der Waals surface area contributed by atoms with Gasteiger partial charge < -0.3 is 19.9 Å². The molecule has 26 heavy (non-hydrogen) atoms. The molecule has 0 radical (unpaired) electrons. The van der Waals surface area contributed by atoms with Gasteiger partial charge in [-0.2, -0.15) is 0 Å². The highest BCUT2D eigenvalue weighted by Crippen LogP contribution is 2.27. The van der Waals surface area contributed by atoms with Gasteiger partial charge in [0.2, 0.25) is 0 Å². The molecule has 2 rings (SSSR count). The van der Waals surface area contributed by atoms with Crippen molar-refractivity contribution in [2.45, 2.75) is 4.90 Å². The predicted octanol–water partition coefficient (Wildman–Crippen LogP) is 3.32. The van der Waals surface area contributed by atoms with Crippen LogP contribution in [0.25, 0.3) is 6.08 Å². The zero-order valence-electron chi connectivity index (χ0n) is 14.4. The SMILES string of the molecule is COc1cc(/C=C/C(=O)OCC(=O)Nc2ccccc2SC)ccc1O. The largest absolute Gasteiger partial charge is 0.504 e. The maximum absolute atomic E-state index is 11.9. The second kappa shape index (κ2) is 9.53. The van der Waals surface area contributed by atoms with E-state index in [9.17, 15) is 14.7 Å². The molecule has 0 aromatic heterocycles. The van der Waals surface area contributed by atoms with E-state index in [1.165, 1.54) is 37.1 Å². The number of hydrogen-bond acceptors (Lipinski definition) is 6. The average Bonchev–Trinajstić information content (AvgIpc) is 2.66. The number of nitrogens with one attached hydrogen (secondary N) is 1. The topological polar surface area (TPSA) is 84.9 Å². The van der Waals surface area contributed by atoms with E-state index in [2.05, 4.69) is 5.32 Å². The molecule has 0 aliphatic carbocycles. The Balaban J connectivity index is 1.87. The number of para-hydroxylation sites is 1. The molecule has 136 valence electrons. The van der Waals surface area contributed by atoms with E-state index in [1.54, 1.807) is 18.2 Å². The maximum atomic E-state index is 11.9. The third-order valence-electron chi connectivity index (χ3n) is 3.34. The molecule has 0 spiro atoms. The lowest BCUT2D eigenvalue weighted by atomic mass is 10.2. The van der Waals surface area contributed by atoms with Crippen LogP contribution in [0.2, 0.25) is 0 Å². The van der Waals surface area contributed by atoms with Gasteiger partial charge in [0.15, 0.2) is 18.1 Å². The Kier molecular flexibility index (Phi) is 7.11. The molecule has 0 saturated carbocycles. The lowest BCUT2D eigenvalue weighted by Gasteiger charge is -2.09. The van der Waals surface area contributed by atoms with E-state index in [0.29, 0.717) is 17.0 Å². The molecule has 0 atom stereocenters. The van der Waals surface area contributed by atoms with Gasteiger partial charge in [-0.15, -0.1) is 11.8 Å². The number of anilines is 1. The van der Waals surface area contributed by atoms with Crippen molar-refractivity contribution in [1.82, 2.24) is 0 Å². The van der Waals surface area contributed by atoms with E-state index in [4.69, 9.17) is 9.47 Å². The van der Waals surface area contributed by atoms with Crippen LogP contribution in [0.1, 0.15) is 5.56 Å². The molecule has 0 unspecified atom stereocenters. The minimum atomic E-state index is -0.648. The summed E-state index contributed by atoms with van der Waals surface area (Å²) in [6.45, 7) is -0.384. The van der Waals surface area contributed by atoms with Gasteiger partial charge in [-0.05, 0) is 42.2 Å². The predicted molar refractivity (Wildman–Crippen MR) is 102 cm³/mol. The highest BCUT2D eigenvalue weighted by atomic mass is 32.2. The van der Waals surface area contributed by atoms with Gasteiger partial charge in [-0.3, -0.25) is 4.79 Å². The number of carbonyl (C=O) groups excluding carboxylic acids is 2. The normalized spacial score (nSPS) is 10.5. The Morgan fingerprint density at radius 2 is 2.00 bits per heavy atom. The third kappa shape index (κ3) is 5.56. The van der Waals surface area contributed by atoms with E-state index in [1.807, 2.05) is 24.5 Å². The number of thioether (sulfide) groups is 1. The maximum Gasteiger partial charge on any atom is 0.331 e. The van der Waals surface area contributed by atoms with Gasteiger partial charge in [0.05, 0.1) is 12.8 Å². The molecule has 6 nitrogen and oxygen atoms in total. The second-order valence-corrected chi connectivity index (χ2v) is 5.97. The minimum Gasteiger partial charge on any atom is -0.504 e. The summed E-state index contributed by atoms with van der Waals surface area (Å²) in [6.07, 6.45) is 4.62. The van der Waals surface area contributed by atoms with Crippen LogP contribution < -0.4 is 10.1 Å². The minimum absolute atomic E-state index is 0.00872. The lowest BCUT2D eigenvalue weighted by molar-refractivity contribution is -0.142. The van der Waals surface area contributed by atoms with Gasteiger partial charge in [-0.25, -0.2) is 4.79 Å². The fourth-order valence-corrected chi connectivity index (χ4v) is 2.63. The summed E-state index contributed by atoms with van der Waals surface area (Å²) in [7, 11) is 1.44. The van der Waals surface area contributed by atoms with Crippen molar-refractivity contribution < 1.29 is 24.2 Å². The number of phenolic OH excluding ortho intramolecular Hbond substituents is 1. The molecular formula is C19H19NO5S. The fraction of sp³-hybridized carbons (Fsp3) is 0.158. The van der Waals surface area contributed by atoms with E-state index < -0.39 is 11.9 Å². The van der Waals surface area contributed by atoms with Gasteiger partial charge in [0.25, 0.3) is 5.91 Å². The first-order valence-corrected chi connectivity index (χ1v) is 8.90. The molecule has 2 N–H and O–H groups in total. The van der Waals surface area contributed by atoms with E-state index >= 15 is 0 Å². The molecule has 1 amide bonds. The highest BCUT2D eigenvalue weighted by molar-refractivity contribution is 7.98. The number of rotatable bonds is 7. The van der Waals surface area contributed by atoms with E-state index in [0.717, 1.165) is 4.90 Å². The van der Waals surface area contributed by atoms with Crippen molar-refractivity contribution >= 4 is 35.4 Å². The summed E-state index contributed by atoms with van der Waals surface area (Å²) in [5.41, 5.74) is 1.32. The number of amides is 1. The molecular weight excluding hydrogens is 354 g/mol. The molecule has 0 saturated heterocycles. The number of methoxy groups -OCH3 is 1. The fourth-order valence-electron chi connectivity index (χ4n) is 2.08. The Morgan fingerprint density at radius 1 is 1.23 bits per heavy atom. The molecule has 0 aliphatic rings. The first-order chi connectivity index (χ1) is 12.5. The second-order valence-electron chi connectivity index (χ2n) is 5.12. The van der Waals surface area contributed by atoms with Crippen molar-refractivity contribution in [3.63, 3.8) is 0 Å². The number of phenols is 1. The summed E-state index contributed by atoms with van der Waals surface area (Å²) in [4.78, 5) is 24.6.